The van der Waals surface area contributed by atoms with E-state index in [0.29, 0.717) is 17.2 Å². The predicted molar refractivity (Wildman–Crippen MR) is 73.4 cm³/mol. The Labute approximate surface area is 113 Å². The molecule has 1 aromatic heterocycles. The normalized spacial score (nSPS) is 17.5. The zero-order valence-corrected chi connectivity index (χ0v) is 11.9. The van der Waals surface area contributed by atoms with E-state index in [2.05, 4.69) is 28.7 Å². The monoisotopic (exact) mass is 269 g/mol. The van der Waals surface area contributed by atoms with Gasteiger partial charge in [-0.05, 0) is 18.8 Å². The molecule has 1 aliphatic heterocycles. The Bertz CT molecular complexity index is 403. The average molecular weight is 270 g/mol. The Hall–Kier alpha value is -0.870. The van der Waals surface area contributed by atoms with Gasteiger partial charge in [-0.25, -0.2) is 9.97 Å². The third-order valence-corrected chi connectivity index (χ3v) is 3.77. The second kappa shape index (κ2) is 5.85. The van der Waals surface area contributed by atoms with Crippen molar-refractivity contribution in [2.75, 3.05) is 25.1 Å². The van der Waals surface area contributed by atoms with Crippen molar-refractivity contribution < 1.29 is 4.74 Å². The quantitative estimate of drug-likeness (QED) is 0.791. The van der Waals surface area contributed by atoms with E-state index >= 15 is 0 Å². The summed E-state index contributed by atoms with van der Waals surface area (Å²) in [6.07, 6.45) is 4.00. The third-order valence-electron chi connectivity index (χ3n) is 3.47. The zero-order valence-electron chi connectivity index (χ0n) is 11.2. The Morgan fingerprint density at radius 3 is 2.56 bits per heavy atom. The number of rotatable bonds is 3. The number of aromatic nitrogens is 2. The molecule has 1 fully saturated rings. The van der Waals surface area contributed by atoms with Crippen LogP contribution in [0.5, 0.6) is 0 Å². The Kier molecular flexibility index (Phi) is 4.40. The number of anilines is 1. The minimum Gasteiger partial charge on any atom is -0.381 e. The first-order valence-electron chi connectivity index (χ1n) is 6.41. The summed E-state index contributed by atoms with van der Waals surface area (Å²) >= 11 is 6.20. The molecule has 0 bridgehead atoms. The standard InChI is InChI=1S/C13H20ClN3O/c1-9(2)11-12(14)15-8-16-13(11)17-6-4-10(18-3)5-7-17/h8-10H,4-7H2,1-3H3. The van der Waals surface area contributed by atoms with Gasteiger partial charge >= 0.3 is 0 Å². The number of methoxy groups -OCH3 is 1. The maximum atomic E-state index is 6.20. The molecular weight excluding hydrogens is 250 g/mol. The number of nitrogens with zero attached hydrogens (tertiary/aromatic N) is 3. The molecule has 5 heteroatoms. The van der Waals surface area contributed by atoms with E-state index in [1.165, 1.54) is 0 Å². The topological polar surface area (TPSA) is 38.2 Å². The van der Waals surface area contributed by atoms with Crippen molar-refractivity contribution in [3.63, 3.8) is 0 Å². The van der Waals surface area contributed by atoms with Gasteiger partial charge in [0, 0.05) is 25.8 Å². The smallest absolute Gasteiger partial charge is 0.138 e. The van der Waals surface area contributed by atoms with E-state index in [0.717, 1.165) is 37.3 Å². The molecule has 18 heavy (non-hydrogen) atoms. The van der Waals surface area contributed by atoms with Gasteiger partial charge in [-0.2, -0.15) is 0 Å². The highest BCUT2D eigenvalue weighted by Crippen LogP contribution is 2.32. The molecule has 0 saturated carbocycles. The molecule has 0 atom stereocenters. The molecule has 4 nitrogen and oxygen atoms in total. The lowest BCUT2D eigenvalue weighted by molar-refractivity contribution is 0.0817. The Morgan fingerprint density at radius 1 is 1.33 bits per heavy atom. The highest BCUT2D eigenvalue weighted by molar-refractivity contribution is 6.30. The lowest BCUT2D eigenvalue weighted by Gasteiger charge is -2.33. The van der Waals surface area contributed by atoms with Crippen LogP contribution in [0.4, 0.5) is 5.82 Å². The van der Waals surface area contributed by atoms with Crippen LogP contribution in [0.25, 0.3) is 0 Å². The summed E-state index contributed by atoms with van der Waals surface area (Å²) in [4.78, 5) is 10.8. The molecule has 100 valence electrons. The molecule has 0 aromatic carbocycles. The van der Waals surface area contributed by atoms with Gasteiger partial charge < -0.3 is 9.64 Å². The summed E-state index contributed by atoms with van der Waals surface area (Å²) in [5.74, 6) is 1.31. The molecule has 0 radical (unpaired) electrons. The largest absolute Gasteiger partial charge is 0.381 e. The van der Waals surface area contributed by atoms with Crippen LogP contribution in [-0.4, -0.2) is 36.3 Å². The van der Waals surface area contributed by atoms with E-state index in [4.69, 9.17) is 16.3 Å². The molecule has 2 heterocycles. The van der Waals surface area contributed by atoms with Crippen LogP contribution in [0.15, 0.2) is 6.33 Å². The van der Waals surface area contributed by atoms with Crippen LogP contribution < -0.4 is 4.90 Å². The molecule has 0 unspecified atom stereocenters. The van der Waals surface area contributed by atoms with Gasteiger partial charge in [0.25, 0.3) is 0 Å². The summed E-state index contributed by atoms with van der Waals surface area (Å²) < 4.78 is 5.39. The number of halogens is 1. The fourth-order valence-electron chi connectivity index (χ4n) is 2.42. The minimum atomic E-state index is 0.328. The van der Waals surface area contributed by atoms with Gasteiger partial charge in [-0.1, -0.05) is 25.4 Å². The van der Waals surface area contributed by atoms with Gasteiger partial charge in [0.1, 0.15) is 17.3 Å². The van der Waals surface area contributed by atoms with Crippen LogP contribution in [0, 0.1) is 0 Å². The first-order chi connectivity index (χ1) is 8.63. The van der Waals surface area contributed by atoms with E-state index in [1.54, 1.807) is 13.4 Å². The molecular formula is C13H20ClN3O. The van der Waals surface area contributed by atoms with Crippen LogP contribution >= 0.6 is 11.6 Å². The van der Waals surface area contributed by atoms with Crippen molar-refractivity contribution in [1.82, 2.24) is 9.97 Å². The number of piperidine rings is 1. The van der Waals surface area contributed by atoms with E-state index in [-0.39, 0.29) is 0 Å². The Balaban J connectivity index is 2.21. The lowest BCUT2D eigenvalue weighted by Crippen LogP contribution is -2.37. The summed E-state index contributed by atoms with van der Waals surface area (Å²) in [6.45, 7) is 6.17. The lowest BCUT2D eigenvalue weighted by atomic mass is 10.0. The van der Waals surface area contributed by atoms with Crippen LogP contribution in [0.1, 0.15) is 38.2 Å². The van der Waals surface area contributed by atoms with Crippen LogP contribution in [-0.2, 0) is 4.74 Å². The van der Waals surface area contributed by atoms with Gasteiger partial charge in [0.15, 0.2) is 0 Å². The van der Waals surface area contributed by atoms with Crippen molar-refractivity contribution in [2.45, 2.75) is 38.7 Å². The maximum absolute atomic E-state index is 6.20. The molecule has 0 spiro atoms. The zero-order chi connectivity index (χ0) is 13.1. The highest BCUT2D eigenvalue weighted by atomic mass is 35.5. The van der Waals surface area contributed by atoms with Gasteiger partial charge in [0.05, 0.1) is 6.10 Å². The fraction of sp³-hybridized carbons (Fsp3) is 0.692. The second-order valence-electron chi connectivity index (χ2n) is 4.98. The molecule has 1 saturated heterocycles. The van der Waals surface area contributed by atoms with Crippen molar-refractivity contribution in [3.05, 3.63) is 17.0 Å². The highest BCUT2D eigenvalue weighted by Gasteiger charge is 2.24. The van der Waals surface area contributed by atoms with E-state index in [9.17, 15) is 0 Å². The Morgan fingerprint density at radius 2 is 2.00 bits per heavy atom. The van der Waals surface area contributed by atoms with Gasteiger partial charge in [0.2, 0.25) is 0 Å². The molecule has 0 aliphatic carbocycles. The summed E-state index contributed by atoms with van der Waals surface area (Å²) in [5.41, 5.74) is 1.05. The SMILES string of the molecule is COC1CCN(c2ncnc(Cl)c2C(C)C)CC1. The first kappa shape index (κ1) is 13.6. The van der Waals surface area contributed by atoms with Crippen molar-refractivity contribution in [3.8, 4) is 0 Å². The summed E-state index contributed by atoms with van der Waals surface area (Å²) in [5, 5.41) is 0.573. The van der Waals surface area contributed by atoms with Gasteiger partial charge in [-0.3, -0.25) is 0 Å². The number of hydrogen-bond donors (Lipinski definition) is 0. The van der Waals surface area contributed by atoms with Crippen LogP contribution in [0.2, 0.25) is 5.15 Å². The average Bonchev–Trinajstić information content (AvgIpc) is 2.38. The predicted octanol–water partition coefficient (Wildman–Crippen LogP) is 2.87. The molecule has 1 aromatic rings. The summed E-state index contributed by atoms with van der Waals surface area (Å²) in [6, 6.07) is 0. The van der Waals surface area contributed by atoms with Crippen molar-refractivity contribution >= 4 is 17.4 Å². The van der Waals surface area contributed by atoms with Crippen molar-refractivity contribution in [2.24, 2.45) is 0 Å². The fourth-order valence-corrected chi connectivity index (χ4v) is 2.76. The first-order valence-corrected chi connectivity index (χ1v) is 6.79. The van der Waals surface area contributed by atoms with Crippen molar-refractivity contribution in [1.29, 1.82) is 0 Å². The van der Waals surface area contributed by atoms with Gasteiger partial charge in [-0.15, -0.1) is 0 Å². The van der Waals surface area contributed by atoms with Crippen LogP contribution in [0.3, 0.4) is 0 Å². The molecule has 1 aliphatic rings. The maximum Gasteiger partial charge on any atom is 0.138 e. The molecule has 0 N–H and O–H groups in total. The number of ether oxygens (including phenoxy) is 1. The molecule has 0 amide bonds. The number of hydrogen-bond acceptors (Lipinski definition) is 4. The molecule has 2 rings (SSSR count). The summed E-state index contributed by atoms with van der Waals surface area (Å²) in [7, 11) is 1.78. The minimum absolute atomic E-state index is 0.328. The third kappa shape index (κ3) is 2.75. The van der Waals surface area contributed by atoms with E-state index in [1.807, 2.05) is 0 Å². The second-order valence-corrected chi connectivity index (χ2v) is 5.34. The van der Waals surface area contributed by atoms with E-state index < -0.39 is 0 Å².